The molecular weight excluding hydrogens is 306 g/mol. The van der Waals surface area contributed by atoms with E-state index in [1.807, 2.05) is 24.3 Å². The quantitative estimate of drug-likeness (QED) is 0.938. The molecule has 3 rings (SSSR count). The van der Waals surface area contributed by atoms with Crippen molar-refractivity contribution in [2.24, 2.45) is 0 Å². The van der Waals surface area contributed by atoms with Gasteiger partial charge in [-0.25, -0.2) is 0 Å². The van der Waals surface area contributed by atoms with Crippen molar-refractivity contribution < 1.29 is 14.1 Å². The molecule has 1 aromatic carbocycles. The number of hydrogen-bond donors (Lipinski definition) is 1. The van der Waals surface area contributed by atoms with Crippen LogP contribution in [0, 0.1) is 0 Å². The Hall–Kier alpha value is -2.05. The highest BCUT2D eigenvalue weighted by Gasteiger charge is 2.28. The largest absolute Gasteiger partial charge is 0.479 e. The first kappa shape index (κ1) is 14.9. The smallest absolute Gasteiger partial charge is 0.292 e. The molecular formula is C15H16ClN3O3. The molecule has 1 saturated heterocycles. The minimum Gasteiger partial charge on any atom is -0.479 e. The molecule has 1 fully saturated rings. The summed E-state index contributed by atoms with van der Waals surface area (Å²) in [7, 11) is 1.48. The van der Waals surface area contributed by atoms with E-state index < -0.39 is 0 Å². The van der Waals surface area contributed by atoms with E-state index in [0.717, 1.165) is 5.56 Å². The van der Waals surface area contributed by atoms with Crippen molar-refractivity contribution in [2.45, 2.75) is 6.04 Å². The van der Waals surface area contributed by atoms with Crippen molar-refractivity contribution in [3.8, 4) is 5.88 Å². The van der Waals surface area contributed by atoms with E-state index in [0.29, 0.717) is 30.5 Å². The standard InChI is InChI=1S/C15H16ClN3O3/c1-21-14-8-13(22-18-14)15(20)19-7-6-17-12(9-19)10-4-2-3-5-11(10)16/h2-5,8,12,17H,6-7,9H2,1H3. The van der Waals surface area contributed by atoms with Gasteiger partial charge in [-0.15, -0.1) is 0 Å². The number of piperazine rings is 1. The van der Waals surface area contributed by atoms with Gasteiger partial charge in [0.05, 0.1) is 19.2 Å². The predicted molar refractivity (Wildman–Crippen MR) is 81.2 cm³/mol. The Morgan fingerprint density at radius 1 is 1.50 bits per heavy atom. The zero-order valence-corrected chi connectivity index (χ0v) is 12.8. The van der Waals surface area contributed by atoms with Crippen molar-refractivity contribution in [3.63, 3.8) is 0 Å². The zero-order valence-electron chi connectivity index (χ0n) is 12.1. The van der Waals surface area contributed by atoms with Crippen LogP contribution in [0.2, 0.25) is 5.02 Å². The summed E-state index contributed by atoms with van der Waals surface area (Å²) in [6.45, 7) is 1.81. The summed E-state index contributed by atoms with van der Waals surface area (Å²) < 4.78 is 9.96. The fraction of sp³-hybridized carbons (Fsp3) is 0.333. The second-order valence-electron chi connectivity index (χ2n) is 5.01. The molecule has 0 spiro atoms. The second kappa shape index (κ2) is 6.37. The summed E-state index contributed by atoms with van der Waals surface area (Å²) in [6, 6.07) is 9.13. The van der Waals surface area contributed by atoms with Gasteiger partial charge in [0.15, 0.2) is 0 Å². The second-order valence-corrected chi connectivity index (χ2v) is 5.42. The first-order valence-electron chi connectivity index (χ1n) is 6.97. The number of benzene rings is 1. The Kier molecular flexibility index (Phi) is 4.31. The van der Waals surface area contributed by atoms with Gasteiger partial charge in [-0.2, -0.15) is 0 Å². The van der Waals surface area contributed by atoms with Crippen molar-refractivity contribution in [3.05, 3.63) is 46.7 Å². The van der Waals surface area contributed by atoms with Crippen LogP contribution in [0.25, 0.3) is 0 Å². The van der Waals surface area contributed by atoms with Gasteiger partial charge in [-0.1, -0.05) is 29.8 Å². The van der Waals surface area contributed by atoms with E-state index in [1.165, 1.54) is 13.2 Å². The third kappa shape index (κ3) is 2.93. The average molecular weight is 322 g/mol. The van der Waals surface area contributed by atoms with E-state index >= 15 is 0 Å². The molecule has 0 aliphatic carbocycles. The molecule has 7 heteroatoms. The van der Waals surface area contributed by atoms with Gasteiger partial charge in [0.1, 0.15) is 0 Å². The van der Waals surface area contributed by atoms with Gasteiger partial charge in [-0.05, 0) is 16.8 Å². The van der Waals surface area contributed by atoms with Crippen LogP contribution in [0.1, 0.15) is 22.2 Å². The van der Waals surface area contributed by atoms with Crippen molar-refractivity contribution in [1.82, 2.24) is 15.4 Å². The molecule has 1 aromatic heterocycles. The molecule has 1 N–H and O–H groups in total. The highest BCUT2D eigenvalue weighted by molar-refractivity contribution is 6.31. The molecule has 1 aliphatic heterocycles. The number of nitrogens with zero attached hydrogens (tertiary/aromatic N) is 2. The number of rotatable bonds is 3. The highest BCUT2D eigenvalue weighted by Crippen LogP contribution is 2.25. The van der Waals surface area contributed by atoms with Crippen LogP contribution in [-0.2, 0) is 0 Å². The first-order chi connectivity index (χ1) is 10.7. The molecule has 0 radical (unpaired) electrons. The summed E-state index contributed by atoms with van der Waals surface area (Å²) in [4.78, 5) is 14.2. The summed E-state index contributed by atoms with van der Waals surface area (Å²) >= 11 is 6.24. The lowest BCUT2D eigenvalue weighted by atomic mass is 10.0. The molecule has 2 heterocycles. The SMILES string of the molecule is COc1cc(C(=O)N2CCNC(c3ccccc3Cl)C2)on1. The first-order valence-corrected chi connectivity index (χ1v) is 7.34. The van der Waals surface area contributed by atoms with Crippen LogP contribution in [0.4, 0.5) is 0 Å². The summed E-state index contributed by atoms with van der Waals surface area (Å²) in [5, 5.41) is 7.73. The van der Waals surface area contributed by atoms with Gasteiger partial charge < -0.3 is 19.5 Å². The molecule has 0 saturated carbocycles. The van der Waals surface area contributed by atoms with Crippen molar-refractivity contribution in [1.29, 1.82) is 0 Å². The lowest BCUT2D eigenvalue weighted by molar-refractivity contribution is 0.0661. The van der Waals surface area contributed by atoms with E-state index in [9.17, 15) is 4.79 Å². The Morgan fingerprint density at radius 2 is 2.32 bits per heavy atom. The maximum absolute atomic E-state index is 12.5. The number of ether oxygens (including phenoxy) is 1. The number of amides is 1. The fourth-order valence-corrected chi connectivity index (χ4v) is 2.78. The maximum Gasteiger partial charge on any atom is 0.292 e. The Balaban J connectivity index is 1.75. The van der Waals surface area contributed by atoms with Gasteiger partial charge in [-0.3, -0.25) is 4.79 Å². The van der Waals surface area contributed by atoms with Gasteiger partial charge in [0, 0.05) is 24.7 Å². The minimum atomic E-state index is -0.200. The Labute approximate surface area is 133 Å². The molecule has 0 bridgehead atoms. The Bertz CT molecular complexity index is 674. The van der Waals surface area contributed by atoms with E-state index in [2.05, 4.69) is 10.5 Å². The van der Waals surface area contributed by atoms with E-state index in [-0.39, 0.29) is 17.7 Å². The van der Waals surface area contributed by atoms with Crippen LogP contribution in [0.3, 0.4) is 0 Å². The minimum absolute atomic E-state index is 0.00350. The topological polar surface area (TPSA) is 67.6 Å². The molecule has 1 aliphatic rings. The van der Waals surface area contributed by atoms with Crippen molar-refractivity contribution >= 4 is 17.5 Å². The fourth-order valence-electron chi connectivity index (χ4n) is 2.51. The van der Waals surface area contributed by atoms with Crippen molar-refractivity contribution in [2.75, 3.05) is 26.7 Å². The number of hydrogen-bond acceptors (Lipinski definition) is 5. The molecule has 2 aromatic rings. The molecule has 1 amide bonds. The van der Waals surface area contributed by atoms with Crippen LogP contribution >= 0.6 is 11.6 Å². The monoisotopic (exact) mass is 321 g/mol. The van der Waals surface area contributed by atoms with E-state index in [1.54, 1.807) is 4.90 Å². The summed E-state index contributed by atoms with van der Waals surface area (Å²) in [6.07, 6.45) is 0. The number of carbonyl (C=O) groups is 1. The summed E-state index contributed by atoms with van der Waals surface area (Å²) in [5.41, 5.74) is 0.983. The highest BCUT2D eigenvalue weighted by atomic mass is 35.5. The third-order valence-electron chi connectivity index (χ3n) is 3.65. The molecule has 22 heavy (non-hydrogen) atoms. The van der Waals surface area contributed by atoms with Gasteiger partial charge in [0.2, 0.25) is 5.76 Å². The maximum atomic E-state index is 12.5. The van der Waals surface area contributed by atoms with Gasteiger partial charge >= 0.3 is 0 Å². The van der Waals surface area contributed by atoms with Crippen LogP contribution in [-0.4, -0.2) is 42.7 Å². The molecule has 116 valence electrons. The lowest BCUT2D eigenvalue weighted by Crippen LogP contribution is -2.48. The number of halogens is 1. The van der Waals surface area contributed by atoms with Gasteiger partial charge in [0.25, 0.3) is 11.8 Å². The molecule has 1 atom stereocenters. The van der Waals surface area contributed by atoms with Crippen LogP contribution in [0.15, 0.2) is 34.9 Å². The molecule has 1 unspecified atom stereocenters. The van der Waals surface area contributed by atoms with E-state index in [4.69, 9.17) is 20.9 Å². The number of nitrogens with one attached hydrogen (secondary N) is 1. The number of methoxy groups -OCH3 is 1. The normalized spacial score (nSPS) is 18.3. The average Bonchev–Trinajstić information content (AvgIpc) is 3.04. The Morgan fingerprint density at radius 3 is 3.05 bits per heavy atom. The third-order valence-corrected chi connectivity index (χ3v) is 4.00. The van der Waals surface area contributed by atoms with Crippen LogP contribution in [0.5, 0.6) is 5.88 Å². The summed E-state index contributed by atoms with van der Waals surface area (Å²) in [5.74, 6) is 0.271. The zero-order chi connectivity index (χ0) is 15.5. The van der Waals surface area contributed by atoms with Crippen LogP contribution < -0.4 is 10.1 Å². The molecule has 6 nitrogen and oxygen atoms in total. The predicted octanol–water partition coefficient (Wildman–Crippen LogP) is 2.12. The lowest BCUT2D eigenvalue weighted by Gasteiger charge is -2.33. The number of carbonyl (C=O) groups excluding carboxylic acids is 1. The number of aromatic nitrogens is 1.